The fourth-order valence-corrected chi connectivity index (χ4v) is 3.42. The zero-order chi connectivity index (χ0) is 19.5. The molecular weight excluding hydrogens is 355 g/mol. The minimum Gasteiger partial charge on any atom is -0.356 e. The molecule has 1 aromatic carbocycles. The van der Waals surface area contributed by atoms with Crippen LogP contribution in [-0.4, -0.2) is 29.3 Å². The number of aliphatic imine (C=N–C) groups is 1. The van der Waals surface area contributed by atoms with Gasteiger partial charge in [-0.25, -0.2) is 0 Å². The van der Waals surface area contributed by atoms with Gasteiger partial charge >= 0.3 is 6.18 Å². The molecule has 1 aromatic heterocycles. The number of rotatable bonds is 5. The molecule has 1 heterocycles. The largest absolute Gasteiger partial charge is 0.416 e. The second-order valence-corrected chi connectivity index (χ2v) is 7.01. The van der Waals surface area contributed by atoms with E-state index >= 15 is 0 Å². The molecule has 0 bridgehead atoms. The number of nitrogens with zero attached hydrogens (tertiary/aromatic N) is 3. The summed E-state index contributed by atoms with van der Waals surface area (Å²) in [6.45, 7) is 1.12. The zero-order valence-corrected chi connectivity index (χ0v) is 15.5. The summed E-state index contributed by atoms with van der Waals surface area (Å²) in [5.41, 5.74) is 0.883. The van der Waals surface area contributed by atoms with Crippen molar-refractivity contribution in [2.24, 2.45) is 12.0 Å². The summed E-state index contributed by atoms with van der Waals surface area (Å²) in [5.74, 6) is 0.622. The van der Waals surface area contributed by atoms with E-state index in [1.807, 2.05) is 13.2 Å². The van der Waals surface area contributed by atoms with Crippen molar-refractivity contribution < 1.29 is 13.2 Å². The fourth-order valence-electron chi connectivity index (χ4n) is 3.42. The molecule has 146 valence electrons. The van der Waals surface area contributed by atoms with E-state index in [9.17, 15) is 13.2 Å². The van der Waals surface area contributed by atoms with Gasteiger partial charge in [-0.3, -0.25) is 9.67 Å². The highest BCUT2D eigenvalue weighted by Crippen LogP contribution is 2.44. The highest BCUT2D eigenvalue weighted by atomic mass is 19.4. The molecule has 1 aliphatic carbocycles. The average molecular weight is 379 g/mol. The number of guanidine groups is 1. The van der Waals surface area contributed by atoms with E-state index in [1.165, 1.54) is 12.1 Å². The van der Waals surface area contributed by atoms with E-state index in [-0.39, 0.29) is 5.41 Å². The van der Waals surface area contributed by atoms with Crippen LogP contribution in [0.3, 0.4) is 0 Å². The second kappa shape index (κ2) is 7.62. The molecule has 2 N–H and O–H groups in total. The maximum Gasteiger partial charge on any atom is 0.416 e. The number of aryl methyl sites for hydroxylation is 1. The highest BCUT2D eigenvalue weighted by Gasteiger charge is 2.40. The van der Waals surface area contributed by atoms with Crippen LogP contribution in [-0.2, 0) is 25.2 Å². The molecule has 0 spiro atoms. The van der Waals surface area contributed by atoms with Gasteiger partial charge in [0.25, 0.3) is 0 Å². The number of hydrogen-bond acceptors (Lipinski definition) is 2. The number of alkyl halides is 3. The maximum absolute atomic E-state index is 13.1. The smallest absolute Gasteiger partial charge is 0.356 e. The van der Waals surface area contributed by atoms with Gasteiger partial charge in [-0.1, -0.05) is 24.6 Å². The van der Waals surface area contributed by atoms with Crippen LogP contribution < -0.4 is 10.6 Å². The summed E-state index contributed by atoms with van der Waals surface area (Å²) in [4.78, 5) is 4.21. The van der Waals surface area contributed by atoms with Crippen molar-refractivity contribution in [2.75, 3.05) is 13.6 Å². The first-order chi connectivity index (χ1) is 12.8. The van der Waals surface area contributed by atoms with Crippen LogP contribution in [0.5, 0.6) is 0 Å². The predicted molar refractivity (Wildman–Crippen MR) is 98.4 cm³/mol. The molecule has 27 heavy (non-hydrogen) atoms. The molecule has 5 nitrogen and oxygen atoms in total. The molecule has 1 aliphatic rings. The van der Waals surface area contributed by atoms with E-state index in [0.29, 0.717) is 19.0 Å². The molecule has 1 fully saturated rings. The third-order valence-corrected chi connectivity index (χ3v) is 5.15. The molecule has 0 radical (unpaired) electrons. The average Bonchev–Trinajstić information content (AvgIpc) is 3.01. The SMILES string of the molecule is CN=C(NCc1cnn(C)c1)NCC1(c2cccc(C(F)(F)F)c2)CCC1. The number of nitrogens with one attached hydrogen (secondary N) is 2. The van der Waals surface area contributed by atoms with Crippen molar-refractivity contribution in [1.29, 1.82) is 0 Å². The van der Waals surface area contributed by atoms with Gasteiger partial charge in [-0.2, -0.15) is 18.3 Å². The summed E-state index contributed by atoms with van der Waals surface area (Å²) in [6, 6.07) is 5.69. The van der Waals surface area contributed by atoms with Gasteiger partial charge in [0.05, 0.1) is 11.8 Å². The lowest BCUT2D eigenvalue weighted by Crippen LogP contribution is -2.48. The van der Waals surface area contributed by atoms with E-state index < -0.39 is 11.7 Å². The first kappa shape index (κ1) is 19.3. The molecule has 2 aromatic rings. The summed E-state index contributed by atoms with van der Waals surface area (Å²) in [7, 11) is 3.53. The minimum absolute atomic E-state index is 0.285. The van der Waals surface area contributed by atoms with Gasteiger partial charge in [-0.15, -0.1) is 0 Å². The van der Waals surface area contributed by atoms with Crippen molar-refractivity contribution in [1.82, 2.24) is 20.4 Å². The molecule has 0 atom stereocenters. The van der Waals surface area contributed by atoms with Crippen LogP contribution in [0.15, 0.2) is 41.7 Å². The summed E-state index contributed by atoms with van der Waals surface area (Å²) in [5, 5.41) is 10.6. The molecule has 0 amide bonds. The Kier molecular flexibility index (Phi) is 5.43. The van der Waals surface area contributed by atoms with Crippen molar-refractivity contribution in [3.05, 3.63) is 53.3 Å². The number of benzene rings is 1. The van der Waals surface area contributed by atoms with Crippen LogP contribution >= 0.6 is 0 Å². The third-order valence-electron chi connectivity index (χ3n) is 5.15. The van der Waals surface area contributed by atoms with Gasteiger partial charge in [0, 0.05) is 44.4 Å². The van der Waals surface area contributed by atoms with Gasteiger partial charge in [0.1, 0.15) is 0 Å². The molecular formula is C19H24F3N5. The van der Waals surface area contributed by atoms with Crippen LogP contribution in [0.1, 0.15) is 36.0 Å². The number of halogens is 3. The first-order valence-corrected chi connectivity index (χ1v) is 8.92. The lowest BCUT2D eigenvalue weighted by Gasteiger charge is -2.43. The van der Waals surface area contributed by atoms with Crippen LogP contribution in [0, 0.1) is 0 Å². The molecule has 8 heteroatoms. The molecule has 1 saturated carbocycles. The first-order valence-electron chi connectivity index (χ1n) is 8.92. The Hall–Kier alpha value is -2.51. The predicted octanol–water partition coefficient (Wildman–Crippen LogP) is 3.23. The van der Waals surface area contributed by atoms with Crippen molar-refractivity contribution >= 4 is 5.96 Å². The standard InChI is InChI=1S/C19H24F3N5/c1-23-17(24-10-14-11-26-27(2)12-14)25-13-18(7-4-8-18)15-5-3-6-16(9-15)19(20,21)22/h3,5-6,9,11-12H,4,7-8,10,13H2,1-2H3,(H2,23,24,25). The quantitative estimate of drug-likeness (QED) is 0.620. The minimum atomic E-state index is -4.32. The van der Waals surface area contributed by atoms with Gasteiger partial charge < -0.3 is 10.6 Å². The molecule has 0 aliphatic heterocycles. The normalized spacial score (nSPS) is 16.7. The van der Waals surface area contributed by atoms with Crippen molar-refractivity contribution in [3.63, 3.8) is 0 Å². The topological polar surface area (TPSA) is 54.2 Å². The number of hydrogen-bond donors (Lipinski definition) is 2. The Bertz CT molecular complexity index is 806. The van der Waals surface area contributed by atoms with Gasteiger partial charge in [0.2, 0.25) is 0 Å². The lowest BCUT2D eigenvalue weighted by molar-refractivity contribution is -0.137. The molecule has 3 rings (SSSR count). The summed E-state index contributed by atoms with van der Waals surface area (Å²) < 4.78 is 40.9. The van der Waals surface area contributed by atoms with E-state index in [2.05, 4.69) is 20.7 Å². The number of aromatic nitrogens is 2. The monoisotopic (exact) mass is 379 g/mol. The van der Waals surface area contributed by atoms with Crippen molar-refractivity contribution in [2.45, 2.75) is 37.4 Å². The second-order valence-electron chi connectivity index (χ2n) is 7.01. The summed E-state index contributed by atoms with van der Waals surface area (Å²) in [6.07, 6.45) is 2.10. The Morgan fingerprint density at radius 1 is 1.30 bits per heavy atom. The lowest BCUT2D eigenvalue weighted by atomic mass is 9.64. The van der Waals surface area contributed by atoms with Crippen LogP contribution in [0.4, 0.5) is 13.2 Å². The zero-order valence-electron chi connectivity index (χ0n) is 15.5. The Morgan fingerprint density at radius 3 is 2.63 bits per heavy atom. The molecule has 0 saturated heterocycles. The van der Waals surface area contributed by atoms with E-state index in [4.69, 9.17) is 0 Å². The Balaban J connectivity index is 1.65. The fraction of sp³-hybridized carbons (Fsp3) is 0.474. The maximum atomic E-state index is 13.1. The van der Waals surface area contributed by atoms with Gasteiger partial charge in [0.15, 0.2) is 5.96 Å². The molecule has 0 unspecified atom stereocenters. The highest BCUT2D eigenvalue weighted by molar-refractivity contribution is 5.79. The van der Waals surface area contributed by atoms with E-state index in [1.54, 1.807) is 24.0 Å². The van der Waals surface area contributed by atoms with E-state index in [0.717, 1.165) is 36.5 Å². The Labute approximate surface area is 156 Å². The summed E-state index contributed by atoms with van der Waals surface area (Å²) >= 11 is 0. The van der Waals surface area contributed by atoms with Crippen LogP contribution in [0.2, 0.25) is 0 Å². The van der Waals surface area contributed by atoms with Crippen LogP contribution in [0.25, 0.3) is 0 Å². The third kappa shape index (κ3) is 4.43. The van der Waals surface area contributed by atoms with Gasteiger partial charge in [-0.05, 0) is 24.5 Å². The van der Waals surface area contributed by atoms with Crippen molar-refractivity contribution in [3.8, 4) is 0 Å². The Morgan fingerprint density at radius 2 is 2.07 bits per heavy atom.